The van der Waals surface area contributed by atoms with Gasteiger partial charge in [-0.2, -0.15) is 0 Å². The van der Waals surface area contributed by atoms with E-state index in [4.69, 9.17) is 9.47 Å². The molecule has 1 spiro atoms. The van der Waals surface area contributed by atoms with E-state index in [0.717, 1.165) is 0 Å². The van der Waals surface area contributed by atoms with Crippen LogP contribution in [0.25, 0.3) is 0 Å². The molecule has 0 amide bonds. The van der Waals surface area contributed by atoms with Crippen LogP contribution in [0.5, 0.6) is 23.0 Å². The van der Waals surface area contributed by atoms with Crippen molar-refractivity contribution < 1.29 is 24.5 Å². The molecule has 2 aliphatic heterocycles. The minimum absolute atomic E-state index is 0.00917. The van der Waals surface area contributed by atoms with Crippen LogP contribution in [0.2, 0.25) is 0 Å². The Morgan fingerprint density at radius 2 is 1.48 bits per heavy atom. The smallest absolute Gasteiger partial charge is 0.340 e. The summed E-state index contributed by atoms with van der Waals surface area (Å²) >= 11 is 0. The van der Waals surface area contributed by atoms with Crippen LogP contribution < -0.4 is 4.74 Å². The molecular weight excluding hydrogens is 320 g/mol. The Labute approximate surface area is 143 Å². The topological polar surface area (TPSA) is 76.0 Å². The van der Waals surface area contributed by atoms with E-state index in [1.54, 1.807) is 18.2 Å². The summed E-state index contributed by atoms with van der Waals surface area (Å²) in [6.07, 6.45) is 2.99. The lowest BCUT2D eigenvalue weighted by molar-refractivity contribution is -0.144. The molecule has 124 valence electrons. The number of ether oxygens (including phenoxy) is 2. The maximum Gasteiger partial charge on any atom is 0.340 e. The van der Waals surface area contributed by atoms with Crippen molar-refractivity contribution >= 4 is 5.97 Å². The lowest BCUT2D eigenvalue weighted by Crippen LogP contribution is -2.33. The maximum absolute atomic E-state index is 12.5. The highest BCUT2D eigenvalue weighted by molar-refractivity contribution is 5.98. The Hall–Kier alpha value is -3.47. The first-order chi connectivity index (χ1) is 12.0. The van der Waals surface area contributed by atoms with Gasteiger partial charge in [0.15, 0.2) is 5.60 Å². The molecule has 0 fully saturated rings. The van der Waals surface area contributed by atoms with Crippen LogP contribution in [0.4, 0.5) is 0 Å². The van der Waals surface area contributed by atoms with Crippen molar-refractivity contribution in [2.45, 2.75) is 5.60 Å². The molecule has 0 atom stereocenters. The number of benzene rings is 2. The lowest BCUT2D eigenvalue weighted by Gasteiger charge is -2.37. The highest BCUT2D eigenvalue weighted by atomic mass is 16.6. The molecule has 2 aromatic rings. The molecule has 4 rings (SSSR count). The Morgan fingerprint density at radius 1 is 0.920 bits per heavy atom. The van der Waals surface area contributed by atoms with Gasteiger partial charge in [0.1, 0.15) is 23.0 Å². The van der Waals surface area contributed by atoms with Gasteiger partial charge in [0.05, 0.1) is 5.57 Å². The summed E-state index contributed by atoms with van der Waals surface area (Å²) in [5.41, 5.74) is 0.698. The average molecular weight is 334 g/mol. The number of esters is 1. The summed E-state index contributed by atoms with van der Waals surface area (Å²) in [5.74, 6) is 0.154. The monoisotopic (exact) mass is 334 g/mol. The molecule has 0 bridgehead atoms. The summed E-state index contributed by atoms with van der Waals surface area (Å²) in [5, 5.41) is 19.6. The number of aromatic hydroxyl groups is 2. The Morgan fingerprint density at radius 3 is 1.96 bits per heavy atom. The zero-order valence-corrected chi connectivity index (χ0v) is 13.2. The van der Waals surface area contributed by atoms with Gasteiger partial charge in [0.25, 0.3) is 0 Å². The van der Waals surface area contributed by atoms with E-state index in [0.29, 0.717) is 33.8 Å². The number of carbonyl (C=O) groups excluding carboxylic acids is 1. The van der Waals surface area contributed by atoms with Crippen LogP contribution in [0.3, 0.4) is 0 Å². The molecule has 5 nitrogen and oxygen atoms in total. The second kappa shape index (κ2) is 5.01. The van der Waals surface area contributed by atoms with E-state index in [1.165, 1.54) is 30.3 Å². The molecule has 0 saturated carbocycles. The Kier molecular flexibility index (Phi) is 3.02. The van der Waals surface area contributed by atoms with Crippen molar-refractivity contribution in [3.8, 4) is 23.0 Å². The minimum Gasteiger partial charge on any atom is -0.508 e. The molecule has 0 aliphatic carbocycles. The first kappa shape index (κ1) is 15.1. The van der Waals surface area contributed by atoms with Crippen LogP contribution in [0, 0.1) is 0 Å². The predicted octanol–water partition coefficient (Wildman–Crippen LogP) is 3.67. The third-order valence-corrected chi connectivity index (χ3v) is 4.45. The zero-order chi connectivity index (χ0) is 17.8. The first-order valence-electron chi connectivity index (χ1n) is 7.59. The maximum atomic E-state index is 12.5. The molecular formula is C20H14O5. The van der Waals surface area contributed by atoms with E-state index in [2.05, 4.69) is 13.2 Å². The van der Waals surface area contributed by atoms with Gasteiger partial charge in [-0.3, -0.25) is 0 Å². The first-order valence-corrected chi connectivity index (χ1v) is 7.59. The lowest BCUT2D eigenvalue weighted by atomic mass is 9.77. The molecule has 2 aromatic carbocycles. The fourth-order valence-electron chi connectivity index (χ4n) is 3.43. The molecule has 2 N–H and O–H groups in total. The van der Waals surface area contributed by atoms with E-state index in [-0.39, 0.29) is 11.5 Å². The van der Waals surface area contributed by atoms with Crippen molar-refractivity contribution in [3.63, 3.8) is 0 Å². The van der Waals surface area contributed by atoms with Crippen molar-refractivity contribution in [3.05, 3.63) is 84.0 Å². The Bertz CT molecular complexity index is 932. The van der Waals surface area contributed by atoms with Crippen molar-refractivity contribution in [1.29, 1.82) is 0 Å². The quantitative estimate of drug-likeness (QED) is 0.820. The number of fused-ring (bicyclic) bond motifs is 4. The summed E-state index contributed by atoms with van der Waals surface area (Å²) in [6, 6.07) is 9.15. The normalized spacial score (nSPS) is 16.7. The second-order valence-corrected chi connectivity index (χ2v) is 5.77. The molecule has 2 heterocycles. The fourth-order valence-corrected chi connectivity index (χ4v) is 3.43. The molecule has 5 heteroatoms. The second-order valence-electron chi connectivity index (χ2n) is 5.77. The third-order valence-electron chi connectivity index (χ3n) is 4.45. The van der Waals surface area contributed by atoms with E-state index < -0.39 is 11.6 Å². The van der Waals surface area contributed by atoms with Crippen molar-refractivity contribution in [1.82, 2.24) is 0 Å². The highest BCUT2D eigenvalue weighted by Gasteiger charge is 2.53. The Balaban J connectivity index is 2.13. The largest absolute Gasteiger partial charge is 0.508 e. The summed E-state index contributed by atoms with van der Waals surface area (Å²) in [6.45, 7) is 7.52. The van der Waals surface area contributed by atoms with Crippen LogP contribution in [0.15, 0.2) is 72.9 Å². The van der Waals surface area contributed by atoms with Gasteiger partial charge in [-0.05, 0) is 24.3 Å². The van der Waals surface area contributed by atoms with E-state index >= 15 is 0 Å². The molecule has 0 unspecified atom stereocenters. The van der Waals surface area contributed by atoms with Gasteiger partial charge in [0, 0.05) is 28.8 Å². The number of carbonyl (C=O) groups is 1. The molecule has 0 saturated heterocycles. The molecule has 0 aromatic heterocycles. The SMILES string of the molecule is C=CC1=C(C=C)C2(OC1=O)c1ccc(O)cc1Oc1cc(O)ccc12. The highest BCUT2D eigenvalue weighted by Crippen LogP contribution is 2.57. The van der Waals surface area contributed by atoms with Gasteiger partial charge >= 0.3 is 5.97 Å². The van der Waals surface area contributed by atoms with Crippen LogP contribution in [0.1, 0.15) is 11.1 Å². The number of hydrogen-bond donors (Lipinski definition) is 2. The van der Waals surface area contributed by atoms with E-state index in [9.17, 15) is 15.0 Å². The van der Waals surface area contributed by atoms with Gasteiger partial charge in [0.2, 0.25) is 0 Å². The minimum atomic E-state index is -1.27. The fraction of sp³-hybridized carbons (Fsp3) is 0.0500. The summed E-state index contributed by atoms with van der Waals surface area (Å²) in [4.78, 5) is 12.5. The van der Waals surface area contributed by atoms with Crippen LogP contribution in [-0.4, -0.2) is 16.2 Å². The zero-order valence-electron chi connectivity index (χ0n) is 13.2. The predicted molar refractivity (Wildman–Crippen MR) is 90.6 cm³/mol. The van der Waals surface area contributed by atoms with Gasteiger partial charge < -0.3 is 19.7 Å². The van der Waals surface area contributed by atoms with Crippen LogP contribution in [-0.2, 0) is 15.1 Å². The number of hydrogen-bond acceptors (Lipinski definition) is 5. The van der Waals surface area contributed by atoms with E-state index in [1.807, 2.05) is 0 Å². The van der Waals surface area contributed by atoms with Crippen LogP contribution >= 0.6 is 0 Å². The molecule has 25 heavy (non-hydrogen) atoms. The van der Waals surface area contributed by atoms with Gasteiger partial charge in [-0.25, -0.2) is 4.79 Å². The van der Waals surface area contributed by atoms with Crippen molar-refractivity contribution in [2.75, 3.05) is 0 Å². The standard InChI is InChI=1S/C20H14O5/c1-3-13-14(4-2)20(25-19(13)23)15-7-5-11(21)9-17(15)24-18-10-12(22)6-8-16(18)20/h3-10,21-22H,1-2H2. The average Bonchev–Trinajstić information content (AvgIpc) is 2.86. The third kappa shape index (κ3) is 1.86. The molecule has 2 aliphatic rings. The van der Waals surface area contributed by atoms with Crippen molar-refractivity contribution in [2.24, 2.45) is 0 Å². The number of phenolic OH excluding ortho intramolecular Hbond substituents is 2. The van der Waals surface area contributed by atoms with Gasteiger partial charge in [-0.1, -0.05) is 25.3 Å². The number of phenols is 2. The summed E-state index contributed by atoms with van der Waals surface area (Å²) < 4.78 is 11.7. The molecule has 0 radical (unpaired) electrons. The number of rotatable bonds is 2. The summed E-state index contributed by atoms with van der Waals surface area (Å²) in [7, 11) is 0. The van der Waals surface area contributed by atoms with Gasteiger partial charge in [-0.15, -0.1) is 0 Å².